The number of amides is 1. The summed E-state index contributed by atoms with van der Waals surface area (Å²) in [6, 6.07) is 1.55. The molecule has 1 aromatic rings. The Morgan fingerprint density at radius 1 is 1.08 bits per heavy atom. The number of anilines is 1. The number of esters is 2. The maximum atomic E-state index is 12.3. The minimum Gasteiger partial charge on any atom is -0.456 e. The van der Waals surface area contributed by atoms with E-state index in [1.807, 2.05) is 0 Å². The van der Waals surface area contributed by atoms with E-state index in [0.717, 1.165) is 11.3 Å². The Hall–Kier alpha value is -1.93. The third-order valence-electron chi connectivity index (χ3n) is 2.41. The number of hydrogen-bond acceptors (Lipinski definition) is 7. The second kappa shape index (κ2) is 7.31. The highest BCUT2D eigenvalue weighted by Gasteiger charge is 2.27. The van der Waals surface area contributed by atoms with Gasteiger partial charge >= 0.3 is 17.8 Å². The van der Waals surface area contributed by atoms with E-state index in [0.29, 0.717) is 4.88 Å². The SMILES string of the molecule is CC(C)(C)OC(=O)C(=O)Nc1sc(CN)cc1C(=O)OC(C)(C)C. The van der Waals surface area contributed by atoms with Crippen LogP contribution in [0.2, 0.25) is 0 Å². The fourth-order valence-corrected chi connectivity index (χ4v) is 2.52. The van der Waals surface area contributed by atoms with Gasteiger partial charge in [0.05, 0.1) is 5.56 Å². The van der Waals surface area contributed by atoms with Crippen LogP contribution in [0.4, 0.5) is 5.00 Å². The van der Waals surface area contributed by atoms with Crippen LogP contribution in [0.25, 0.3) is 0 Å². The molecule has 3 N–H and O–H groups in total. The van der Waals surface area contributed by atoms with Gasteiger partial charge in [0.1, 0.15) is 16.2 Å². The average Bonchev–Trinajstić information content (AvgIpc) is 2.77. The maximum Gasteiger partial charge on any atom is 0.397 e. The highest BCUT2D eigenvalue weighted by Crippen LogP contribution is 2.30. The number of carbonyl (C=O) groups excluding carboxylic acids is 3. The molecule has 0 saturated carbocycles. The first-order valence-corrected chi connectivity index (χ1v) is 8.24. The molecule has 0 spiro atoms. The van der Waals surface area contributed by atoms with Gasteiger partial charge in [-0.25, -0.2) is 9.59 Å². The molecular formula is C16H24N2O5S. The second-order valence-corrected chi connectivity index (χ2v) is 8.25. The molecule has 0 aromatic carbocycles. The van der Waals surface area contributed by atoms with Crippen molar-refractivity contribution in [1.82, 2.24) is 0 Å². The molecule has 24 heavy (non-hydrogen) atoms. The minimum atomic E-state index is -1.03. The summed E-state index contributed by atoms with van der Waals surface area (Å²) in [5, 5.41) is 2.61. The Morgan fingerprint density at radius 3 is 2.08 bits per heavy atom. The summed E-state index contributed by atoms with van der Waals surface area (Å²) in [6.45, 7) is 10.4. The van der Waals surface area contributed by atoms with Gasteiger partial charge in [-0.05, 0) is 47.6 Å². The summed E-state index contributed by atoms with van der Waals surface area (Å²) < 4.78 is 10.3. The summed E-state index contributed by atoms with van der Waals surface area (Å²) >= 11 is 1.11. The number of carbonyl (C=O) groups is 3. The van der Waals surface area contributed by atoms with Crippen molar-refractivity contribution < 1.29 is 23.9 Å². The lowest BCUT2D eigenvalue weighted by Gasteiger charge is -2.20. The summed E-state index contributed by atoms with van der Waals surface area (Å²) in [4.78, 5) is 36.7. The van der Waals surface area contributed by atoms with Crippen LogP contribution in [0.5, 0.6) is 0 Å². The highest BCUT2D eigenvalue weighted by atomic mass is 32.1. The lowest BCUT2D eigenvalue weighted by Crippen LogP contribution is -2.32. The Morgan fingerprint density at radius 2 is 1.62 bits per heavy atom. The fourth-order valence-electron chi connectivity index (χ4n) is 1.60. The molecule has 0 aliphatic carbocycles. The molecule has 1 rings (SSSR count). The molecule has 1 amide bonds. The first-order chi connectivity index (χ1) is 10.8. The van der Waals surface area contributed by atoms with E-state index < -0.39 is 29.0 Å². The van der Waals surface area contributed by atoms with Crippen molar-refractivity contribution >= 4 is 34.2 Å². The minimum absolute atomic E-state index is 0.160. The van der Waals surface area contributed by atoms with E-state index in [2.05, 4.69) is 5.32 Å². The molecule has 134 valence electrons. The molecular weight excluding hydrogens is 332 g/mol. The summed E-state index contributed by atoms with van der Waals surface area (Å²) in [5.74, 6) is -2.58. The first-order valence-electron chi connectivity index (χ1n) is 7.43. The van der Waals surface area contributed by atoms with E-state index >= 15 is 0 Å². The summed E-state index contributed by atoms with van der Waals surface area (Å²) in [7, 11) is 0. The number of nitrogens with two attached hydrogens (primary N) is 1. The van der Waals surface area contributed by atoms with Crippen LogP contribution in [0, 0.1) is 0 Å². The summed E-state index contributed by atoms with van der Waals surface area (Å²) in [5.41, 5.74) is 4.27. The lowest BCUT2D eigenvalue weighted by atomic mass is 10.2. The van der Waals surface area contributed by atoms with Crippen molar-refractivity contribution in [1.29, 1.82) is 0 Å². The standard InChI is InChI=1S/C16H24N2O5S/c1-15(2,3)22-13(20)10-7-9(8-17)24-12(10)18-11(19)14(21)23-16(4,5)6/h7H,8,17H2,1-6H3,(H,18,19). The van der Waals surface area contributed by atoms with Crippen molar-refractivity contribution in [3.8, 4) is 0 Å². The van der Waals surface area contributed by atoms with Crippen LogP contribution in [0.1, 0.15) is 56.8 Å². The van der Waals surface area contributed by atoms with Gasteiger partial charge in [-0.1, -0.05) is 0 Å². The molecule has 0 radical (unpaired) electrons. The first kappa shape index (κ1) is 20.1. The quantitative estimate of drug-likeness (QED) is 0.636. The Kier molecular flexibility index (Phi) is 6.13. The zero-order chi connectivity index (χ0) is 18.7. The van der Waals surface area contributed by atoms with Crippen LogP contribution < -0.4 is 11.1 Å². The zero-order valence-electron chi connectivity index (χ0n) is 14.8. The third-order valence-corrected chi connectivity index (χ3v) is 3.49. The maximum absolute atomic E-state index is 12.3. The Balaban J connectivity index is 2.99. The van der Waals surface area contributed by atoms with Gasteiger partial charge in [0.15, 0.2) is 0 Å². The zero-order valence-corrected chi connectivity index (χ0v) is 15.6. The Bertz CT molecular complexity index is 638. The predicted molar refractivity (Wildman–Crippen MR) is 91.9 cm³/mol. The number of rotatable bonds is 3. The van der Waals surface area contributed by atoms with E-state index in [1.54, 1.807) is 47.6 Å². The molecule has 0 unspecified atom stereocenters. The van der Waals surface area contributed by atoms with Crippen LogP contribution in [-0.2, 0) is 25.6 Å². The predicted octanol–water partition coefficient (Wildman–Crippen LogP) is 2.44. The van der Waals surface area contributed by atoms with E-state index in [-0.39, 0.29) is 17.1 Å². The fraction of sp³-hybridized carbons (Fsp3) is 0.562. The van der Waals surface area contributed by atoms with E-state index in [9.17, 15) is 14.4 Å². The largest absolute Gasteiger partial charge is 0.456 e. The van der Waals surface area contributed by atoms with Crippen molar-refractivity contribution in [2.45, 2.75) is 59.3 Å². The molecule has 0 saturated heterocycles. The van der Waals surface area contributed by atoms with Crippen molar-refractivity contribution in [2.24, 2.45) is 5.73 Å². The van der Waals surface area contributed by atoms with Crippen molar-refractivity contribution in [3.05, 3.63) is 16.5 Å². The molecule has 1 aromatic heterocycles. The number of hydrogen-bond donors (Lipinski definition) is 2. The molecule has 0 fully saturated rings. The highest BCUT2D eigenvalue weighted by molar-refractivity contribution is 7.16. The average molecular weight is 356 g/mol. The molecule has 7 nitrogen and oxygen atoms in total. The number of ether oxygens (including phenoxy) is 2. The van der Waals surface area contributed by atoms with Gasteiger partial charge in [-0.15, -0.1) is 11.3 Å². The molecule has 0 aliphatic rings. The molecule has 0 atom stereocenters. The van der Waals surface area contributed by atoms with Crippen LogP contribution in [-0.4, -0.2) is 29.0 Å². The molecule has 8 heteroatoms. The Labute approximate surface area is 145 Å². The van der Waals surface area contributed by atoms with Gasteiger partial charge in [-0.3, -0.25) is 4.79 Å². The third kappa shape index (κ3) is 6.29. The lowest BCUT2D eigenvalue weighted by molar-refractivity contribution is -0.161. The monoisotopic (exact) mass is 356 g/mol. The van der Waals surface area contributed by atoms with Gasteiger partial charge in [0, 0.05) is 11.4 Å². The summed E-state index contributed by atoms with van der Waals surface area (Å²) in [6.07, 6.45) is 0. The van der Waals surface area contributed by atoms with Gasteiger partial charge in [0.25, 0.3) is 0 Å². The van der Waals surface area contributed by atoms with Crippen LogP contribution in [0.15, 0.2) is 6.07 Å². The molecule has 1 heterocycles. The number of thiophene rings is 1. The van der Waals surface area contributed by atoms with E-state index in [1.165, 1.54) is 0 Å². The molecule has 0 bridgehead atoms. The van der Waals surface area contributed by atoms with Gasteiger partial charge in [0.2, 0.25) is 0 Å². The second-order valence-electron chi connectivity index (χ2n) is 7.12. The van der Waals surface area contributed by atoms with Gasteiger partial charge in [-0.2, -0.15) is 0 Å². The van der Waals surface area contributed by atoms with E-state index in [4.69, 9.17) is 15.2 Å². The molecule has 0 aliphatic heterocycles. The smallest absolute Gasteiger partial charge is 0.397 e. The van der Waals surface area contributed by atoms with Crippen LogP contribution in [0.3, 0.4) is 0 Å². The van der Waals surface area contributed by atoms with Crippen molar-refractivity contribution in [3.63, 3.8) is 0 Å². The normalized spacial score (nSPS) is 11.8. The van der Waals surface area contributed by atoms with Gasteiger partial charge < -0.3 is 20.5 Å². The topological polar surface area (TPSA) is 108 Å². The number of nitrogens with one attached hydrogen (secondary N) is 1. The van der Waals surface area contributed by atoms with Crippen LogP contribution >= 0.6 is 11.3 Å². The van der Waals surface area contributed by atoms with Crippen molar-refractivity contribution in [2.75, 3.05) is 5.32 Å².